The molecule has 2 rings (SSSR count). The Morgan fingerprint density at radius 3 is 2.58 bits per heavy atom. The zero-order chi connectivity index (χ0) is 13.9. The lowest BCUT2D eigenvalue weighted by molar-refractivity contribution is 0.244. The molecule has 0 unspecified atom stereocenters. The van der Waals surface area contributed by atoms with Gasteiger partial charge in [-0.3, -0.25) is 10.4 Å². The van der Waals surface area contributed by atoms with Crippen LogP contribution < -0.4 is 10.6 Å². The largest absolute Gasteiger partial charge is 0.335 e. The van der Waals surface area contributed by atoms with E-state index >= 15 is 0 Å². The predicted molar refractivity (Wildman–Crippen MR) is 76.3 cm³/mol. The third-order valence-electron chi connectivity index (χ3n) is 3.57. The standard InChI is InChI=1S/C14H24N4O/c1-14(2,3)11-9-12(18-17-11)16-13(19)15-10-7-5-4-6-8-10/h9-10H,4-8H2,1-3H3,(H3,15,16,17,18,19). The third-order valence-corrected chi connectivity index (χ3v) is 3.57. The Kier molecular flexibility index (Phi) is 4.12. The monoisotopic (exact) mass is 264 g/mol. The molecule has 0 atom stereocenters. The van der Waals surface area contributed by atoms with Crippen molar-refractivity contribution >= 4 is 11.8 Å². The molecule has 0 saturated heterocycles. The van der Waals surface area contributed by atoms with Crippen molar-refractivity contribution in [3.8, 4) is 0 Å². The molecule has 0 aliphatic heterocycles. The summed E-state index contributed by atoms with van der Waals surface area (Å²) >= 11 is 0. The van der Waals surface area contributed by atoms with Gasteiger partial charge in [-0.2, -0.15) is 5.10 Å². The molecule has 1 aromatic heterocycles. The molecule has 0 bridgehead atoms. The lowest BCUT2D eigenvalue weighted by atomic mass is 9.92. The molecule has 0 spiro atoms. The van der Waals surface area contributed by atoms with Crippen LogP contribution >= 0.6 is 0 Å². The van der Waals surface area contributed by atoms with Gasteiger partial charge in [-0.25, -0.2) is 4.79 Å². The number of aromatic amines is 1. The number of amides is 2. The van der Waals surface area contributed by atoms with E-state index in [-0.39, 0.29) is 11.4 Å². The first-order valence-corrected chi connectivity index (χ1v) is 7.08. The number of hydrogen-bond acceptors (Lipinski definition) is 2. The highest BCUT2D eigenvalue weighted by molar-refractivity contribution is 5.88. The number of nitrogens with zero attached hydrogens (tertiary/aromatic N) is 1. The van der Waals surface area contributed by atoms with Gasteiger partial charge >= 0.3 is 6.03 Å². The van der Waals surface area contributed by atoms with Gasteiger partial charge in [0.1, 0.15) is 0 Å². The zero-order valence-electron chi connectivity index (χ0n) is 12.0. The first kappa shape index (κ1) is 13.9. The minimum absolute atomic E-state index is 0.00672. The van der Waals surface area contributed by atoms with E-state index < -0.39 is 0 Å². The van der Waals surface area contributed by atoms with Crippen molar-refractivity contribution in [1.82, 2.24) is 15.5 Å². The van der Waals surface area contributed by atoms with E-state index in [1.807, 2.05) is 6.07 Å². The Hall–Kier alpha value is -1.52. The molecule has 1 aliphatic carbocycles. The summed E-state index contributed by atoms with van der Waals surface area (Å²) in [7, 11) is 0. The van der Waals surface area contributed by atoms with Crippen LogP contribution in [0.5, 0.6) is 0 Å². The Morgan fingerprint density at radius 1 is 1.32 bits per heavy atom. The van der Waals surface area contributed by atoms with Crippen molar-refractivity contribution in [3.63, 3.8) is 0 Å². The number of urea groups is 1. The summed E-state index contributed by atoms with van der Waals surface area (Å²) in [6.45, 7) is 6.31. The molecule has 5 heteroatoms. The lowest BCUT2D eigenvalue weighted by Gasteiger charge is -2.22. The Labute approximate surface area is 114 Å². The number of H-pyrrole nitrogens is 1. The number of nitrogens with one attached hydrogen (secondary N) is 3. The van der Waals surface area contributed by atoms with Gasteiger partial charge in [-0.1, -0.05) is 40.0 Å². The highest BCUT2D eigenvalue weighted by Crippen LogP contribution is 2.22. The second-order valence-electron chi connectivity index (χ2n) is 6.35. The average molecular weight is 264 g/mol. The summed E-state index contributed by atoms with van der Waals surface area (Å²) in [5.74, 6) is 0.582. The van der Waals surface area contributed by atoms with Crippen molar-refractivity contribution in [2.75, 3.05) is 5.32 Å². The van der Waals surface area contributed by atoms with Crippen molar-refractivity contribution in [3.05, 3.63) is 11.8 Å². The minimum Gasteiger partial charge on any atom is -0.335 e. The van der Waals surface area contributed by atoms with Gasteiger partial charge < -0.3 is 5.32 Å². The van der Waals surface area contributed by atoms with Gasteiger partial charge in [0.2, 0.25) is 0 Å². The minimum atomic E-state index is -0.154. The Bertz CT molecular complexity index is 427. The van der Waals surface area contributed by atoms with E-state index in [2.05, 4.69) is 41.6 Å². The lowest BCUT2D eigenvalue weighted by Crippen LogP contribution is -2.39. The van der Waals surface area contributed by atoms with Crippen molar-refractivity contribution in [2.24, 2.45) is 0 Å². The van der Waals surface area contributed by atoms with E-state index in [4.69, 9.17) is 0 Å². The molecular formula is C14H24N4O. The van der Waals surface area contributed by atoms with E-state index in [1.165, 1.54) is 19.3 Å². The van der Waals surface area contributed by atoms with Crippen LogP contribution in [-0.2, 0) is 5.41 Å². The second-order valence-corrected chi connectivity index (χ2v) is 6.35. The molecule has 2 amide bonds. The fourth-order valence-electron chi connectivity index (χ4n) is 2.35. The first-order valence-electron chi connectivity index (χ1n) is 7.08. The van der Waals surface area contributed by atoms with Gasteiger partial charge in [0.05, 0.1) is 0 Å². The topological polar surface area (TPSA) is 69.8 Å². The molecule has 5 nitrogen and oxygen atoms in total. The number of anilines is 1. The maximum Gasteiger partial charge on any atom is 0.320 e. The summed E-state index contributed by atoms with van der Waals surface area (Å²) in [5, 5.41) is 12.9. The SMILES string of the molecule is CC(C)(C)c1cc(NC(=O)NC2CCCCC2)n[nH]1. The van der Waals surface area contributed by atoms with Gasteiger partial charge in [-0.15, -0.1) is 0 Å². The molecule has 1 saturated carbocycles. The normalized spacial score (nSPS) is 17.2. The molecule has 19 heavy (non-hydrogen) atoms. The number of aromatic nitrogens is 2. The van der Waals surface area contributed by atoms with Crippen LogP contribution in [0.25, 0.3) is 0 Å². The quantitative estimate of drug-likeness (QED) is 0.768. The van der Waals surface area contributed by atoms with Crippen LogP contribution in [-0.4, -0.2) is 22.3 Å². The number of hydrogen-bond donors (Lipinski definition) is 3. The fourth-order valence-corrected chi connectivity index (χ4v) is 2.35. The Balaban J connectivity index is 1.86. The smallest absolute Gasteiger partial charge is 0.320 e. The van der Waals surface area contributed by atoms with Gasteiger partial charge in [0.25, 0.3) is 0 Å². The summed E-state index contributed by atoms with van der Waals surface area (Å²) < 4.78 is 0. The fraction of sp³-hybridized carbons (Fsp3) is 0.714. The van der Waals surface area contributed by atoms with Crippen molar-refractivity contribution < 1.29 is 4.79 Å². The van der Waals surface area contributed by atoms with Gasteiger partial charge in [0.15, 0.2) is 5.82 Å². The predicted octanol–water partition coefficient (Wildman–Crippen LogP) is 3.16. The first-order chi connectivity index (χ1) is 8.95. The van der Waals surface area contributed by atoms with Crippen LogP contribution in [0.4, 0.5) is 10.6 Å². The van der Waals surface area contributed by atoms with Crippen LogP contribution in [0.3, 0.4) is 0 Å². The van der Waals surface area contributed by atoms with Crippen LogP contribution in [0, 0.1) is 0 Å². The molecule has 106 valence electrons. The number of carbonyl (C=O) groups is 1. The van der Waals surface area contributed by atoms with Crippen molar-refractivity contribution in [1.29, 1.82) is 0 Å². The summed E-state index contributed by atoms with van der Waals surface area (Å²) in [4.78, 5) is 11.9. The second kappa shape index (κ2) is 5.63. The van der Waals surface area contributed by atoms with Crippen LogP contribution in [0.2, 0.25) is 0 Å². The zero-order valence-corrected chi connectivity index (χ0v) is 12.0. The third kappa shape index (κ3) is 3.98. The van der Waals surface area contributed by atoms with Gasteiger partial charge in [0, 0.05) is 23.2 Å². The Morgan fingerprint density at radius 2 is 2.00 bits per heavy atom. The maximum atomic E-state index is 11.9. The molecule has 1 fully saturated rings. The highest BCUT2D eigenvalue weighted by Gasteiger charge is 2.19. The van der Waals surface area contributed by atoms with Crippen LogP contribution in [0.15, 0.2) is 6.07 Å². The van der Waals surface area contributed by atoms with Crippen LogP contribution in [0.1, 0.15) is 58.6 Å². The number of rotatable bonds is 2. The molecule has 1 aliphatic rings. The van der Waals surface area contributed by atoms with Crippen molar-refractivity contribution in [2.45, 2.75) is 64.3 Å². The summed E-state index contributed by atoms with van der Waals surface area (Å²) in [6.07, 6.45) is 5.87. The molecule has 0 radical (unpaired) electrons. The molecule has 1 aromatic rings. The molecular weight excluding hydrogens is 240 g/mol. The number of carbonyl (C=O) groups excluding carboxylic acids is 1. The average Bonchev–Trinajstić information content (AvgIpc) is 2.78. The highest BCUT2D eigenvalue weighted by atomic mass is 16.2. The summed E-state index contributed by atoms with van der Waals surface area (Å²) in [6, 6.07) is 2.05. The van der Waals surface area contributed by atoms with Gasteiger partial charge in [-0.05, 0) is 12.8 Å². The molecule has 3 N–H and O–H groups in total. The summed E-state index contributed by atoms with van der Waals surface area (Å²) in [5.41, 5.74) is 1.02. The van der Waals surface area contributed by atoms with E-state index in [1.54, 1.807) is 0 Å². The van der Waals surface area contributed by atoms with E-state index in [9.17, 15) is 4.79 Å². The van der Waals surface area contributed by atoms with E-state index in [0.29, 0.717) is 11.9 Å². The molecule has 0 aromatic carbocycles. The maximum absolute atomic E-state index is 11.9. The molecule has 1 heterocycles. The van der Waals surface area contributed by atoms with E-state index in [0.717, 1.165) is 18.5 Å².